The fourth-order valence-electron chi connectivity index (χ4n) is 4.25. The van der Waals surface area contributed by atoms with Crippen LogP contribution >= 0.6 is 0 Å². The normalized spacial score (nSPS) is 15.1. The summed E-state index contributed by atoms with van der Waals surface area (Å²) in [6.45, 7) is 2.32. The van der Waals surface area contributed by atoms with Gasteiger partial charge in [0.2, 0.25) is 5.91 Å². The molecule has 0 unspecified atom stereocenters. The number of carbonyl (C=O) groups excluding carboxylic acids is 2. The molecule has 170 valence electrons. The molecule has 6 nitrogen and oxygen atoms in total. The molecule has 2 aromatic carbocycles. The average Bonchev–Trinajstić information content (AvgIpc) is 2.84. The van der Waals surface area contributed by atoms with Gasteiger partial charge in [-0.2, -0.15) is 0 Å². The van der Waals surface area contributed by atoms with Crippen LogP contribution in [0.25, 0.3) is 11.1 Å². The number of rotatable bonds is 3. The first-order chi connectivity index (χ1) is 16.1. The number of hydrogen-bond acceptors (Lipinski definition) is 4. The highest BCUT2D eigenvalue weighted by molar-refractivity contribution is 6.06. The summed E-state index contributed by atoms with van der Waals surface area (Å²) in [5.74, 6) is -0.442. The molecule has 3 N–H and O–H groups in total. The summed E-state index contributed by atoms with van der Waals surface area (Å²) in [6, 6.07) is 17.1. The van der Waals surface area contributed by atoms with Gasteiger partial charge in [0.25, 0.3) is 5.91 Å². The van der Waals surface area contributed by atoms with E-state index in [1.807, 2.05) is 29.2 Å². The van der Waals surface area contributed by atoms with Crippen molar-refractivity contribution in [1.29, 1.82) is 0 Å². The Bertz CT molecular complexity index is 1100. The Labute approximate surface area is 194 Å². The maximum Gasteiger partial charge on any atom is 0.258 e. The molecular weight excluding hydrogens is 412 g/mol. The number of carbonyl (C=O) groups is 2. The van der Waals surface area contributed by atoms with Crippen LogP contribution in [0.1, 0.15) is 58.4 Å². The quantitative estimate of drug-likeness (QED) is 0.623. The molecule has 2 amide bonds. The van der Waals surface area contributed by atoms with Crippen molar-refractivity contribution in [3.8, 4) is 11.1 Å². The Hall–Kier alpha value is -3.51. The van der Waals surface area contributed by atoms with Crippen LogP contribution in [-0.2, 0) is 6.54 Å². The van der Waals surface area contributed by atoms with E-state index in [-0.39, 0.29) is 5.91 Å². The topological polar surface area (TPSA) is 88.3 Å². The number of benzene rings is 2. The van der Waals surface area contributed by atoms with Gasteiger partial charge in [0.05, 0.1) is 0 Å². The van der Waals surface area contributed by atoms with Crippen molar-refractivity contribution in [2.24, 2.45) is 5.73 Å². The Kier molecular flexibility index (Phi) is 7.47. The van der Waals surface area contributed by atoms with Gasteiger partial charge >= 0.3 is 0 Å². The van der Waals surface area contributed by atoms with Crippen molar-refractivity contribution in [3.05, 3.63) is 83.7 Å². The lowest BCUT2D eigenvalue weighted by Crippen LogP contribution is -2.33. The van der Waals surface area contributed by atoms with E-state index < -0.39 is 5.91 Å². The molecule has 1 aromatic heterocycles. The van der Waals surface area contributed by atoms with E-state index in [1.54, 1.807) is 36.7 Å². The second kappa shape index (κ2) is 10.9. The van der Waals surface area contributed by atoms with Gasteiger partial charge in [0.15, 0.2) is 0 Å². The molecule has 0 fully saturated rings. The zero-order chi connectivity index (χ0) is 23.0. The number of nitrogens with zero attached hydrogens (tertiary/aromatic N) is 2. The minimum Gasteiger partial charge on any atom is -0.366 e. The van der Waals surface area contributed by atoms with E-state index in [0.29, 0.717) is 24.2 Å². The van der Waals surface area contributed by atoms with Crippen molar-refractivity contribution in [3.63, 3.8) is 0 Å². The first-order valence-corrected chi connectivity index (χ1v) is 11.6. The number of amides is 2. The molecule has 6 heteroatoms. The van der Waals surface area contributed by atoms with Crippen LogP contribution in [0.3, 0.4) is 0 Å². The largest absolute Gasteiger partial charge is 0.366 e. The maximum atomic E-state index is 13.5. The predicted molar refractivity (Wildman–Crippen MR) is 131 cm³/mol. The predicted octanol–water partition coefficient (Wildman–Crippen LogP) is 4.55. The van der Waals surface area contributed by atoms with E-state index in [4.69, 9.17) is 5.73 Å². The SMILES string of the molecule is NC(=O)c1ccc(-c2ccc3c(c2)CNCCCCCCCN3C(=O)c2ccncc2)cc1. The first-order valence-electron chi connectivity index (χ1n) is 11.6. The van der Waals surface area contributed by atoms with Gasteiger partial charge < -0.3 is 16.0 Å². The second-order valence-electron chi connectivity index (χ2n) is 8.42. The molecule has 2 heterocycles. The maximum absolute atomic E-state index is 13.5. The number of hydrogen-bond donors (Lipinski definition) is 2. The smallest absolute Gasteiger partial charge is 0.258 e. The van der Waals surface area contributed by atoms with Crippen molar-refractivity contribution < 1.29 is 9.59 Å². The third-order valence-electron chi connectivity index (χ3n) is 6.10. The van der Waals surface area contributed by atoms with Gasteiger partial charge in [-0.3, -0.25) is 14.6 Å². The fourth-order valence-corrected chi connectivity index (χ4v) is 4.25. The molecule has 0 saturated heterocycles. The molecule has 1 aliphatic heterocycles. The van der Waals surface area contributed by atoms with Crippen molar-refractivity contribution >= 4 is 17.5 Å². The Balaban J connectivity index is 1.71. The summed E-state index contributed by atoms with van der Waals surface area (Å²) in [4.78, 5) is 30.8. The highest BCUT2D eigenvalue weighted by atomic mass is 16.2. The summed E-state index contributed by atoms with van der Waals surface area (Å²) >= 11 is 0. The Morgan fingerprint density at radius 3 is 2.27 bits per heavy atom. The van der Waals surface area contributed by atoms with E-state index in [1.165, 1.54) is 12.8 Å². The summed E-state index contributed by atoms with van der Waals surface area (Å²) < 4.78 is 0. The minimum absolute atomic E-state index is 0.00531. The lowest BCUT2D eigenvalue weighted by Gasteiger charge is -2.27. The number of fused-ring (bicyclic) bond motifs is 1. The number of anilines is 1. The first kappa shape index (κ1) is 22.7. The monoisotopic (exact) mass is 442 g/mol. The lowest BCUT2D eigenvalue weighted by molar-refractivity contribution is 0.0982. The van der Waals surface area contributed by atoms with Crippen molar-refractivity contribution in [2.75, 3.05) is 18.0 Å². The van der Waals surface area contributed by atoms with Crippen LogP contribution in [-0.4, -0.2) is 29.9 Å². The molecule has 0 atom stereocenters. The third kappa shape index (κ3) is 5.65. The van der Waals surface area contributed by atoms with Crippen LogP contribution in [0.4, 0.5) is 5.69 Å². The van der Waals surface area contributed by atoms with Crippen LogP contribution in [0, 0.1) is 0 Å². The third-order valence-corrected chi connectivity index (χ3v) is 6.10. The summed E-state index contributed by atoms with van der Waals surface area (Å²) in [7, 11) is 0. The minimum atomic E-state index is -0.437. The molecule has 33 heavy (non-hydrogen) atoms. The number of nitrogens with one attached hydrogen (secondary N) is 1. The van der Waals surface area contributed by atoms with Crippen LogP contribution in [0.2, 0.25) is 0 Å². The van der Waals surface area contributed by atoms with Gasteiger partial charge in [0, 0.05) is 42.3 Å². The van der Waals surface area contributed by atoms with E-state index >= 15 is 0 Å². The lowest BCUT2D eigenvalue weighted by atomic mass is 9.99. The zero-order valence-electron chi connectivity index (χ0n) is 18.8. The average molecular weight is 443 g/mol. The van der Waals surface area contributed by atoms with Gasteiger partial charge in [-0.25, -0.2) is 0 Å². The molecule has 0 spiro atoms. The number of pyridine rings is 1. The van der Waals surface area contributed by atoms with E-state index in [2.05, 4.69) is 16.4 Å². The number of primary amides is 1. The molecule has 0 radical (unpaired) electrons. The van der Waals surface area contributed by atoms with E-state index in [9.17, 15) is 9.59 Å². The van der Waals surface area contributed by atoms with Crippen molar-refractivity contribution in [2.45, 2.75) is 38.6 Å². The molecule has 0 saturated carbocycles. The van der Waals surface area contributed by atoms with Gasteiger partial charge in [-0.1, -0.05) is 37.5 Å². The number of aromatic nitrogens is 1. The van der Waals surface area contributed by atoms with Crippen LogP contribution < -0.4 is 16.0 Å². The summed E-state index contributed by atoms with van der Waals surface area (Å²) in [5, 5.41) is 3.55. The fraction of sp³-hybridized carbons (Fsp3) is 0.296. The molecule has 3 aromatic rings. The molecular formula is C27H30N4O2. The summed E-state index contributed by atoms with van der Waals surface area (Å²) in [5.41, 5.74) is 10.6. The van der Waals surface area contributed by atoms with E-state index in [0.717, 1.165) is 48.2 Å². The standard InChI is InChI=1S/C27H30N4O2/c28-26(32)21-8-6-20(7-9-21)23-10-11-25-24(18-23)19-30-14-4-2-1-3-5-17-31(25)27(33)22-12-15-29-16-13-22/h6-13,15-16,18,30H,1-5,14,17,19H2,(H2,28,32). The van der Waals surface area contributed by atoms with Crippen molar-refractivity contribution in [1.82, 2.24) is 10.3 Å². The Morgan fingerprint density at radius 2 is 1.52 bits per heavy atom. The highest BCUT2D eigenvalue weighted by Gasteiger charge is 2.21. The number of nitrogens with two attached hydrogens (primary N) is 1. The van der Waals surface area contributed by atoms with Crippen LogP contribution in [0.5, 0.6) is 0 Å². The molecule has 4 rings (SSSR count). The molecule has 0 bridgehead atoms. The van der Waals surface area contributed by atoms with Gasteiger partial charge in [-0.15, -0.1) is 0 Å². The van der Waals surface area contributed by atoms with Gasteiger partial charge in [0.1, 0.15) is 0 Å². The Morgan fingerprint density at radius 1 is 0.818 bits per heavy atom. The highest BCUT2D eigenvalue weighted by Crippen LogP contribution is 2.30. The summed E-state index contributed by atoms with van der Waals surface area (Å²) in [6.07, 6.45) is 8.94. The van der Waals surface area contributed by atoms with Crippen LogP contribution in [0.15, 0.2) is 67.0 Å². The second-order valence-corrected chi connectivity index (χ2v) is 8.42. The zero-order valence-corrected chi connectivity index (χ0v) is 18.8. The van der Waals surface area contributed by atoms with Gasteiger partial charge in [-0.05, 0) is 72.5 Å². The molecule has 1 aliphatic rings. The molecule has 0 aliphatic carbocycles.